The Kier molecular flexibility index (Phi) is 3.42. The van der Waals surface area contributed by atoms with Crippen molar-refractivity contribution in [3.05, 3.63) is 37.5 Å². The largest absolute Gasteiger partial charge is 0.323 e. The highest BCUT2D eigenvalue weighted by Crippen LogP contribution is 2.26. The van der Waals surface area contributed by atoms with Crippen LogP contribution in [0.2, 0.25) is 0 Å². The Labute approximate surface area is 104 Å². The standard InChI is InChI=1S/C12H16N2S2/c1-7-4-5-11(15-7)10(13)6-12-14-8(2)9(3)16-12/h4-5,10H,6,13H2,1-3H3. The smallest absolute Gasteiger partial charge is 0.0950 e. The summed E-state index contributed by atoms with van der Waals surface area (Å²) in [7, 11) is 0. The van der Waals surface area contributed by atoms with Gasteiger partial charge in [0.2, 0.25) is 0 Å². The van der Waals surface area contributed by atoms with E-state index in [4.69, 9.17) is 5.73 Å². The van der Waals surface area contributed by atoms with Crippen LogP contribution in [-0.2, 0) is 6.42 Å². The van der Waals surface area contributed by atoms with E-state index in [0.29, 0.717) is 0 Å². The van der Waals surface area contributed by atoms with Gasteiger partial charge in [-0.25, -0.2) is 4.98 Å². The number of rotatable bonds is 3. The molecule has 0 amide bonds. The predicted octanol–water partition coefficient (Wildman–Crippen LogP) is 3.37. The highest BCUT2D eigenvalue weighted by atomic mass is 32.1. The van der Waals surface area contributed by atoms with Crippen LogP contribution in [0.4, 0.5) is 0 Å². The van der Waals surface area contributed by atoms with Crippen LogP contribution in [0.1, 0.15) is 31.4 Å². The van der Waals surface area contributed by atoms with Gasteiger partial charge in [0.1, 0.15) is 0 Å². The number of hydrogen-bond donors (Lipinski definition) is 1. The number of nitrogens with zero attached hydrogens (tertiary/aromatic N) is 1. The van der Waals surface area contributed by atoms with E-state index in [-0.39, 0.29) is 6.04 Å². The average Bonchev–Trinajstić information content (AvgIpc) is 2.75. The third kappa shape index (κ3) is 2.51. The first kappa shape index (κ1) is 11.8. The highest BCUT2D eigenvalue weighted by molar-refractivity contribution is 7.12. The van der Waals surface area contributed by atoms with E-state index in [2.05, 4.69) is 37.9 Å². The zero-order valence-electron chi connectivity index (χ0n) is 9.78. The summed E-state index contributed by atoms with van der Waals surface area (Å²) in [6.45, 7) is 6.27. The van der Waals surface area contributed by atoms with Gasteiger partial charge in [-0.1, -0.05) is 0 Å². The molecule has 1 atom stereocenters. The van der Waals surface area contributed by atoms with Crippen molar-refractivity contribution < 1.29 is 0 Å². The zero-order chi connectivity index (χ0) is 11.7. The quantitative estimate of drug-likeness (QED) is 0.909. The van der Waals surface area contributed by atoms with Crippen LogP contribution in [0.25, 0.3) is 0 Å². The second-order valence-corrected chi connectivity index (χ2v) is 6.62. The van der Waals surface area contributed by atoms with Crippen LogP contribution in [-0.4, -0.2) is 4.98 Å². The Morgan fingerprint density at radius 2 is 2.00 bits per heavy atom. The van der Waals surface area contributed by atoms with Crippen LogP contribution in [0, 0.1) is 20.8 Å². The topological polar surface area (TPSA) is 38.9 Å². The van der Waals surface area contributed by atoms with E-state index in [1.807, 2.05) is 0 Å². The summed E-state index contributed by atoms with van der Waals surface area (Å²) < 4.78 is 0. The number of nitrogens with two attached hydrogens (primary N) is 1. The molecule has 0 aliphatic rings. The fourth-order valence-corrected chi connectivity index (χ4v) is 3.44. The summed E-state index contributed by atoms with van der Waals surface area (Å²) in [6.07, 6.45) is 0.847. The van der Waals surface area contributed by atoms with Gasteiger partial charge in [0.15, 0.2) is 0 Å². The van der Waals surface area contributed by atoms with Gasteiger partial charge in [0.25, 0.3) is 0 Å². The molecule has 2 heterocycles. The van der Waals surface area contributed by atoms with Gasteiger partial charge in [-0.05, 0) is 32.9 Å². The predicted molar refractivity (Wildman–Crippen MR) is 71.3 cm³/mol. The monoisotopic (exact) mass is 252 g/mol. The summed E-state index contributed by atoms with van der Waals surface area (Å²) in [6, 6.07) is 4.33. The van der Waals surface area contributed by atoms with E-state index < -0.39 is 0 Å². The van der Waals surface area contributed by atoms with Gasteiger partial charge in [0.05, 0.1) is 10.7 Å². The fraction of sp³-hybridized carbons (Fsp3) is 0.417. The molecule has 16 heavy (non-hydrogen) atoms. The minimum atomic E-state index is 0.0867. The number of thiazole rings is 1. The minimum Gasteiger partial charge on any atom is -0.323 e. The van der Waals surface area contributed by atoms with E-state index in [1.165, 1.54) is 14.6 Å². The molecule has 2 aromatic heterocycles. The molecule has 0 spiro atoms. The third-order valence-electron chi connectivity index (χ3n) is 2.59. The van der Waals surface area contributed by atoms with Gasteiger partial charge in [-0.15, -0.1) is 22.7 Å². The lowest BCUT2D eigenvalue weighted by molar-refractivity contribution is 0.731. The molecule has 86 valence electrons. The third-order valence-corrected chi connectivity index (χ3v) is 4.82. The number of hydrogen-bond acceptors (Lipinski definition) is 4. The molecule has 2 nitrogen and oxygen atoms in total. The summed E-state index contributed by atoms with van der Waals surface area (Å²) in [5.74, 6) is 0. The van der Waals surface area contributed by atoms with Crippen molar-refractivity contribution in [2.24, 2.45) is 5.73 Å². The SMILES string of the molecule is Cc1ccc(C(N)Cc2nc(C)c(C)s2)s1. The van der Waals surface area contributed by atoms with Crippen LogP contribution in [0.5, 0.6) is 0 Å². The normalized spacial score (nSPS) is 13.0. The average molecular weight is 252 g/mol. The first-order valence-electron chi connectivity index (χ1n) is 5.31. The molecular formula is C12H16N2S2. The summed E-state index contributed by atoms with van der Waals surface area (Å²) >= 11 is 3.54. The second-order valence-electron chi connectivity index (χ2n) is 4.01. The van der Waals surface area contributed by atoms with Crippen molar-refractivity contribution in [1.29, 1.82) is 0 Å². The maximum atomic E-state index is 6.18. The molecule has 0 aliphatic carbocycles. The van der Waals surface area contributed by atoms with E-state index >= 15 is 0 Å². The van der Waals surface area contributed by atoms with Crippen molar-refractivity contribution in [1.82, 2.24) is 4.98 Å². The molecule has 0 bridgehead atoms. The summed E-state index contributed by atoms with van der Waals surface area (Å²) in [5.41, 5.74) is 7.31. The lowest BCUT2D eigenvalue weighted by atomic mass is 10.2. The molecule has 0 fully saturated rings. The Balaban J connectivity index is 2.10. The molecule has 2 rings (SSSR count). The van der Waals surface area contributed by atoms with Crippen molar-refractivity contribution in [2.75, 3.05) is 0 Å². The van der Waals surface area contributed by atoms with Gasteiger partial charge < -0.3 is 5.73 Å². The molecule has 0 aliphatic heterocycles. The van der Waals surface area contributed by atoms with Crippen LogP contribution >= 0.6 is 22.7 Å². The van der Waals surface area contributed by atoms with E-state index in [1.54, 1.807) is 22.7 Å². The first-order valence-corrected chi connectivity index (χ1v) is 6.94. The van der Waals surface area contributed by atoms with Crippen molar-refractivity contribution in [3.63, 3.8) is 0 Å². The first-order chi connectivity index (χ1) is 7.56. The minimum absolute atomic E-state index is 0.0867. The molecule has 4 heteroatoms. The molecule has 0 saturated heterocycles. The maximum Gasteiger partial charge on any atom is 0.0950 e. The number of aromatic nitrogens is 1. The molecule has 1 unspecified atom stereocenters. The van der Waals surface area contributed by atoms with Crippen LogP contribution in [0.3, 0.4) is 0 Å². The Bertz CT molecular complexity index is 465. The number of thiophene rings is 1. The summed E-state index contributed by atoms with van der Waals surface area (Å²) in [4.78, 5) is 8.39. The Morgan fingerprint density at radius 1 is 1.25 bits per heavy atom. The second kappa shape index (κ2) is 4.65. The van der Waals surface area contributed by atoms with Crippen molar-refractivity contribution in [3.8, 4) is 0 Å². The van der Waals surface area contributed by atoms with Gasteiger partial charge in [0, 0.05) is 27.1 Å². The number of aryl methyl sites for hydroxylation is 3. The zero-order valence-corrected chi connectivity index (χ0v) is 11.4. The van der Waals surface area contributed by atoms with Crippen molar-refractivity contribution >= 4 is 22.7 Å². The fourth-order valence-electron chi connectivity index (χ4n) is 1.57. The Morgan fingerprint density at radius 3 is 2.50 bits per heavy atom. The lowest BCUT2D eigenvalue weighted by Gasteiger charge is -2.06. The summed E-state index contributed by atoms with van der Waals surface area (Å²) in [5, 5.41) is 1.15. The van der Waals surface area contributed by atoms with Crippen LogP contribution < -0.4 is 5.73 Å². The van der Waals surface area contributed by atoms with Gasteiger partial charge >= 0.3 is 0 Å². The highest BCUT2D eigenvalue weighted by Gasteiger charge is 2.12. The maximum absolute atomic E-state index is 6.18. The van der Waals surface area contributed by atoms with Crippen LogP contribution in [0.15, 0.2) is 12.1 Å². The molecule has 2 N–H and O–H groups in total. The van der Waals surface area contributed by atoms with E-state index in [9.17, 15) is 0 Å². The molecule has 0 aromatic carbocycles. The van der Waals surface area contributed by atoms with Crippen molar-refractivity contribution in [2.45, 2.75) is 33.2 Å². The molecule has 2 aromatic rings. The Hall–Kier alpha value is -0.710. The molecule has 0 radical (unpaired) electrons. The molecule has 0 saturated carbocycles. The lowest BCUT2D eigenvalue weighted by Crippen LogP contribution is -2.11. The van der Waals surface area contributed by atoms with Gasteiger partial charge in [-0.2, -0.15) is 0 Å². The molecular weight excluding hydrogens is 236 g/mol. The van der Waals surface area contributed by atoms with Gasteiger partial charge in [-0.3, -0.25) is 0 Å². The van der Waals surface area contributed by atoms with E-state index in [0.717, 1.165) is 17.1 Å².